The van der Waals surface area contributed by atoms with Crippen LogP contribution in [-0.4, -0.2) is 60.1 Å². The Labute approximate surface area is 189 Å². The molecule has 1 saturated heterocycles. The number of amides is 1. The average molecular weight is 456 g/mol. The number of rotatable bonds is 7. The number of benzene rings is 1. The van der Waals surface area contributed by atoms with E-state index in [1.807, 2.05) is 4.90 Å². The number of carbonyl (C=O) groups is 1. The van der Waals surface area contributed by atoms with Gasteiger partial charge in [0, 0.05) is 25.3 Å². The summed E-state index contributed by atoms with van der Waals surface area (Å²) in [6.07, 6.45) is 7.72. The van der Waals surface area contributed by atoms with Crippen LogP contribution in [0.15, 0.2) is 53.6 Å². The van der Waals surface area contributed by atoms with Gasteiger partial charge in [0.15, 0.2) is 0 Å². The second-order valence-electron chi connectivity index (χ2n) is 8.25. The lowest BCUT2D eigenvalue weighted by Gasteiger charge is -2.32. The van der Waals surface area contributed by atoms with E-state index in [0.29, 0.717) is 31.7 Å². The molecule has 9 heteroatoms. The van der Waals surface area contributed by atoms with Crippen LogP contribution in [0.25, 0.3) is 0 Å². The van der Waals surface area contributed by atoms with Crippen molar-refractivity contribution >= 4 is 21.9 Å². The van der Waals surface area contributed by atoms with Gasteiger partial charge < -0.3 is 10.2 Å². The highest BCUT2D eigenvalue weighted by atomic mass is 32.2. The van der Waals surface area contributed by atoms with Crippen molar-refractivity contribution in [3.63, 3.8) is 0 Å². The van der Waals surface area contributed by atoms with Gasteiger partial charge in [-0.25, -0.2) is 12.7 Å². The van der Waals surface area contributed by atoms with Gasteiger partial charge in [-0.1, -0.05) is 37.5 Å². The smallest absolute Gasteiger partial charge is 0.269 e. The summed E-state index contributed by atoms with van der Waals surface area (Å²) in [5.41, 5.74) is 1.29. The molecule has 1 aliphatic carbocycles. The van der Waals surface area contributed by atoms with Crippen molar-refractivity contribution in [1.29, 1.82) is 5.41 Å². The summed E-state index contributed by atoms with van der Waals surface area (Å²) in [5, 5.41) is 11.3. The molecule has 2 N–H and O–H groups in total. The van der Waals surface area contributed by atoms with Crippen molar-refractivity contribution in [3.05, 3.63) is 59.9 Å². The number of nitrogens with zero attached hydrogens (tertiary/aromatic N) is 3. The van der Waals surface area contributed by atoms with Crippen LogP contribution in [0.1, 0.15) is 48.2 Å². The topological polar surface area (TPSA) is 106 Å². The fraction of sp³-hybridized carbons (Fsp3) is 0.435. The molecule has 1 aromatic carbocycles. The maximum absolute atomic E-state index is 13.1. The maximum atomic E-state index is 13.1. The first-order valence-electron chi connectivity index (χ1n) is 11.1. The van der Waals surface area contributed by atoms with Crippen LogP contribution >= 0.6 is 0 Å². The Morgan fingerprint density at radius 2 is 1.81 bits per heavy atom. The molecule has 1 aromatic heterocycles. The molecule has 0 atom stereocenters. The zero-order valence-electron chi connectivity index (χ0n) is 18.0. The molecule has 2 aromatic rings. The minimum atomic E-state index is -3.76. The van der Waals surface area contributed by atoms with E-state index in [1.165, 1.54) is 10.7 Å². The van der Waals surface area contributed by atoms with E-state index in [1.54, 1.807) is 48.7 Å². The highest BCUT2D eigenvalue weighted by molar-refractivity contribution is 7.89. The second kappa shape index (κ2) is 9.68. The third kappa shape index (κ3) is 4.77. The predicted molar refractivity (Wildman–Crippen MR) is 122 cm³/mol. The van der Waals surface area contributed by atoms with Crippen LogP contribution in [0.4, 0.5) is 0 Å². The van der Waals surface area contributed by atoms with Crippen LogP contribution in [0.2, 0.25) is 0 Å². The van der Waals surface area contributed by atoms with Gasteiger partial charge in [0.1, 0.15) is 5.69 Å². The second-order valence-corrected chi connectivity index (χ2v) is 10.1. The van der Waals surface area contributed by atoms with Crippen molar-refractivity contribution < 1.29 is 13.2 Å². The summed E-state index contributed by atoms with van der Waals surface area (Å²) in [6.45, 7) is 1.32. The van der Waals surface area contributed by atoms with Crippen LogP contribution < -0.4 is 5.32 Å². The predicted octanol–water partition coefficient (Wildman–Crippen LogP) is 2.63. The average Bonchev–Trinajstić information content (AvgIpc) is 3.22. The van der Waals surface area contributed by atoms with E-state index in [9.17, 15) is 13.2 Å². The lowest BCUT2D eigenvalue weighted by Crippen LogP contribution is -2.42. The van der Waals surface area contributed by atoms with Gasteiger partial charge in [-0.2, -0.15) is 0 Å². The zero-order valence-corrected chi connectivity index (χ0v) is 18.9. The Balaban J connectivity index is 1.34. The fourth-order valence-corrected chi connectivity index (χ4v) is 5.79. The summed E-state index contributed by atoms with van der Waals surface area (Å²) in [4.78, 5) is 18.2. The molecule has 1 amide bonds. The molecular weight excluding hydrogens is 426 g/mol. The minimum absolute atomic E-state index is 0.0956. The van der Waals surface area contributed by atoms with E-state index < -0.39 is 10.0 Å². The number of hydrogen-bond acceptors (Lipinski definition) is 5. The molecule has 32 heavy (non-hydrogen) atoms. The number of aromatic nitrogens is 1. The largest absolute Gasteiger partial charge is 0.350 e. The van der Waals surface area contributed by atoms with E-state index >= 15 is 0 Å². The molecule has 0 radical (unpaired) electrons. The van der Waals surface area contributed by atoms with Gasteiger partial charge >= 0.3 is 0 Å². The molecule has 4 rings (SSSR count). The van der Waals surface area contributed by atoms with Gasteiger partial charge in [0.25, 0.3) is 15.9 Å². The summed E-state index contributed by atoms with van der Waals surface area (Å²) in [5.74, 6) is -0.141. The van der Waals surface area contributed by atoms with Gasteiger partial charge in [-0.3, -0.25) is 15.2 Å². The number of hydrogen-bond donors (Lipinski definition) is 2. The van der Waals surface area contributed by atoms with E-state index in [-0.39, 0.29) is 22.8 Å². The fourth-order valence-electron chi connectivity index (χ4n) is 4.40. The molecule has 170 valence electrons. The van der Waals surface area contributed by atoms with Crippen LogP contribution in [0.3, 0.4) is 0 Å². The normalized spacial score (nSPS) is 17.6. The van der Waals surface area contributed by atoms with Gasteiger partial charge in [0.05, 0.1) is 11.4 Å². The Hall–Kier alpha value is -2.94. The quantitative estimate of drug-likeness (QED) is 0.668. The number of nitrogens with one attached hydrogen (secondary N) is 2. The van der Waals surface area contributed by atoms with Crippen molar-refractivity contribution in [1.82, 2.24) is 19.5 Å². The highest BCUT2D eigenvalue weighted by Gasteiger charge is 2.38. The molecule has 0 bridgehead atoms. The van der Waals surface area contributed by atoms with E-state index in [2.05, 4.69) is 10.3 Å². The SMILES string of the molecule is N=C1N(C2CCCCC2)CCN1S(=O)(=O)c1ccc(CCNC(=O)c2ccccn2)cc1. The van der Waals surface area contributed by atoms with Crippen LogP contribution in [0.5, 0.6) is 0 Å². The monoisotopic (exact) mass is 455 g/mol. The molecule has 1 aliphatic heterocycles. The number of guanidine groups is 1. The van der Waals surface area contributed by atoms with Crippen LogP contribution in [0, 0.1) is 5.41 Å². The summed E-state index contributed by atoms with van der Waals surface area (Å²) in [6, 6.07) is 12.1. The van der Waals surface area contributed by atoms with Gasteiger partial charge in [-0.15, -0.1) is 0 Å². The number of carbonyl (C=O) groups excluding carboxylic acids is 1. The van der Waals surface area contributed by atoms with Crippen LogP contribution in [-0.2, 0) is 16.4 Å². The first kappa shape index (κ1) is 22.3. The molecular formula is C23H29N5O3S. The van der Waals surface area contributed by atoms with E-state index in [0.717, 1.165) is 31.2 Å². The first-order valence-corrected chi connectivity index (χ1v) is 12.6. The molecule has 8 nitrogen and oxygen atoms in total. The molecule has 2 aliphatic rings. The first-order chi connectivity index (χ1) is 15.5. The lowest BCUT2D eigenvalue weighted by atomic mass is 9.94. The Bertz CT molecular complexity index is 1050. The zero-order chi connectivity index (χ0) is 22.6. The lowest BCUT2D eigenvalue weighted by molar-refractivity contribution is 0.0949. The maximum Gasteiger partial charge on any atom is 0.269 e. The Morgan fingerprint density at radius 1 is 1.06 bits per heavy atom. The molecule has 0 spiro atoms. The highest BCUT2D eigenvalue weighted by Crippen LogP contribution is 2.28. The molecule has 2 heterocycles. The van der Waals surface area contributed by atoms with Crippen molar-refractivity contribution in [2.75, 3.05) is 19.6 Å². The summed E-state index contributed by atoms with van der Waals surface area (Å²) < 4.78 is 27.5. The molecule has 1 saturated carbocycles. The van der Waals surface area contributed by atoms with Gasteiger partial charge in [-0.05, 0) is 49.1 Å². The summed E-state index contributed by atoms with van der Waals surface area (Å²) >= 11 is 0. The number of sulfonamides is 1. The van der Waals surface area contributed by atoms with Crippen molar-refractivity contribution in [2.24, 2.45) is 0 Å². The minimum Gasteiger partial charge on any atom is -0.350 e. The standard InChI is InChI=1S/C23H29N5O3S/c24-23-27(19-6-2-1-3-7-19)16-17-28(23)32(30,31)20-11-9-18(10-12-20)13-15-26-22(29)21-8-4-5-14-25-21/h4-5,8-12,14,19,24H,1-3,6-7,13,15-17H2,(H,26,29). The van der Waals surface area contributed by atoms with Gasteiger partial charge in [0.2, 0.25) is 5.96 Å². The Kier molecular flexibility index (Phi) is 6.74. The third-order valence-corrected chi connectivity index (χ3v) is 7.98. The summed E-state index contributed by atoms with van der Waals surface area (Å²) in [7, 11) is -3.76. The van der Waals surface area contributed by atoms with Crippen molar-refractivity contribution in [2.45, 2.75) is 49.5 Å². The van der Waals surface area contributed by atoms with E-state index in [4.69, 9.17) is 5.41 Å². The molecule has 0 unspecified atom stereocenters. The third-order valence-electron chi connectivity index (χ3n) is 6.18. The Morgan fingerprint density at radius 3 is 2.50 bits per heavy atom. The van der Waals surface area contributed by atoms with Crippen molar-refractivity contribution in [3.8, 4) is 0 Å². The molecule has 2 fully saturated rings. The number of pyridine rings is 1.